The summed E-state index contributed by atoms with van der Waals surface area (Å²) >= 11 is 0. The Morgan fingerprint density at radius 1 is 0.840 bits per heavy atom. The summed E-state index contributed by atoms with van der Waals surface area (Å²) in [5, 5.41) is 0. The summed E-state index contributed by atoms with van der Waals surface area (Å²) in [6, 6.07) is 16.7. The maximum absolute atomic E-state index is 13.9. The molecule has 128 valence electrons. The molecule has 0 amide bonds. The van der Waals surface area contributed by atoms with Crippen molar-refractivity contribution in [2.45, 2.75) is 11.8 Å². The Labute approximate surface area is 145 Å². The van der Waals surface area contributed by atoms with Crippen LogP contribution in [0, 0.1) is 18.6 Å². The van der Waals surface area contributed by atoms with Crippen molar-refractivity contribution in [2.24, 2.45) is 0 Å². The number of nitrogens with one attached hydrogen (secondary N) is 1. The Kier molecular flexibility index (Phi) is 4.55. The molecule has 0 aliphatic rings. The molecular weight excluding hydrogens is 344 g/mol. The van der Waals surface area contributed by atoms with Gasteiger partial charge in [-0.05, 0) is 42.8 Å². The minimum Gasteiger partial charge on any atom is -0.279 e. The number of sulfonamides is 1. The van der Waals surface area contributed by atoms with Crippen LogP contribution in [0.3, 0.4) is 0 Å². The lowest BCUT2D eigenvalue weighted by molar-refractivity contribution is 0.569. The van der Waals surface area contributed by atoms with Crippen molar-refractivity contribution in [1.29, 1.82) is 0 Å². The van der Waals surface area contributed by atoms with Gasteiger partial charge in [0.05, 0.1) is 10.6 Å². The summed E-state index contributed by atoms with van der Waals surface area (Å²) in [4.78, 5) is 0.103. The highest BCUT2D eigenvalue weighted by atomic mass is 32.2. The van der Waals surface area contributed by atoms with Crippen LogP contribution in [-0.4, -0.2) is 8.42 Å². The van der Waals surface area contributed by atoms with E-state index < -0.39 is 21.7 Å². The van der Waals surface area contributed by atoms with E-state index in [4.69, 9.17) is 0 Å². The van der Waals surface area contributed by atoms with Gasteiger partial charge in [-0.2, -0.15) is 0 Å². The number of hydrogen-bond acceptors (Lipinski definition) is 2. The van der Waals surface area contributed by atoms with Crippen molar-refractivity contribution < 1.29 is 17.2 Å². The van der Waals surface area contributed by atoms with Crippen LogP contribution in [0.25, 0.3) is 11.1 Å². The molecular formula is C19H15F2NO2S. The minimum absolute atomic E-state index is 0.0777. The summed E-state index contributed by atoms with van der Waals surface area (Å²) < 4.78 is 55.3. The van der Waals surface area contributed by atoms with Gasteiger partial charge in [0.1, 0.15) is 11.6 Å². The zero-order chi connectivity index (χ0) is 18.0. The first kappa shape index (κ1) is 17.1. The first-order valence-corrected chi connectivity index (χ1v) is 9.00. The van der Waals surface area contributed by atoms with Gasteiger partial charge in [0.15, 0.2) is 0 Å². The van der Waals surface area contributed by atoms with E-state index in [0.29, 0.717) is 5.56 Å². The molecule has 0 aliphatic carbocycles. The Hall–Kier alpha value is -2.73. The van der Waals surface area contributed by atoms with Crippen LogP contribution >= 0.6 is 0 Å². The minimum atomic E-state index is -3.81. The van der Waals surface area contributed by atoms with E-state index in [1.54, 1.807) is 42.5 Å². The lowest BCUT2D eigenvalue weighted by Gasteiger charge is -2.13. The topological polar surface area (TPSA) is 46.2 Å². The standard InChI is InChI=1S/C19H15F2NO2S/c1-13-17(20)11-14(12-18(13)21)16-9-5-6-10-19(16)22-25(23,24)15-7-3-2-4-8-15/h2-12,22H,1H3. The van der Waals surface area contributed by atoms with Crippen LogP contribution in [0.5, 0.6) is 0 Å². The van der Waals surface area contributed by atoms with Gasteiger partial charge < -0.3 is 0 Å². The number of benzene rings is 3. The molecule has 1 N–H and O–H groups in total. The largest absolute Gasteiger partial charge is 0.279 e. The predicted molar refractivity (Wildman–Crippen MR) is 93.8 cm³/mol. The zero-order valence-electron chi connectivity index (χ0n) is 13.3. The quantitative estimate of drug-likeness (QED) is 0.731. The van der Waals surface area contributed by atoms with Gasteiger partial charge in [0, 0.05) is 11.1 Å². The van der Waals surface area contributed by atoms with E-state index in [2.05, 4.69) is 4.72 Å². The normalized spacial score (nSPS) is 11.3. The molecule has 0 fully saturated rings. The first-order chi connectivity index (χ1) is 11.9. The van der Waals surface area contributed by atoms with Crippen molar-refractivity contribution in [3.05, 3.63) is 83.9 Å². The molecule has 0 saturated heterocycles. The maximum atomic E-state index is 13.9. The second-order valence-corrected chi connectivity index (χ2v) is 7.21. The molecule has 0 saturated carbocycles. The molecule has 3 rings (SSSR count). The van der Waals surface area contributed by atoms with Crippen LogP contribution in [0.1, 0.15) is 5.56 Å². The third-order valence-corrected chi connectivity index (χ3v) is 5.20. The Morgan fingerprint density at radius 2 is 1.40 bits per heavy atom. The van der Waals surface area contributed by atoms with Crippen LogP contribution in [0.15, 0.2) is 71.6 Å². The molecule has 0 spiro atoms. The first-order valence-electron chi connectivity index (χ1n) is 7.51. The lowest BCUT2D eigenvalue weighted by atomic mass is 10.0. The van der Waals surface area contributed by atoms with Gasteiger partial charge in [-0.1, -0.05) is 36.4 Å². The zero-order valence-corrected chi connectivity index (χ0v) is 14.1. The highest BCUT2D eigenvalue weighted by Crippen LogP contribution is 2.31. The van der Waals surface area contributed by atoms with Gasteiger partial charge in [-0.3, -0.25) is 4.72 Å². The summed E-state index contributed by atoms with van der Waals surface area (Å²) in [5.41, 5.74) is 0.812. The average Bonchev–Trinajstić information content (AvgIpc) is 2.60. The van der Waals surface area contributed by atoms with Crippen molar-refractivity contribution >= 4 is 15.7 Å². The molecule has 0 heterocycles. The molecule has 3 nitrogen and oxygen atoms in total. The van der Waals surface area contributed by atoms with Gasteiger partial charge in [-0.25, -0.2) is 17.2 Å². The van der Waals surface area contributed by atoms with Gasteiger partial charge in [0.2, 0.25) is 0 Å². The highest BCUT2D eigenvalue weighted by molar-refractivity contribution is 7.92. The molecule has 0 aliphatic heterocycles. The summed E-state index contributed by atoms with van der Waals surface area (Å²) in [6.45, 7) is 1.35. The Bertz CT molecular complexity index is 996. The van der Waals surface area contributed by atoms with E-state index in [9.17, 15) is 17.2 Å². The van der Waals surface area contributed by atoms with Crippen molar-refractivity contribution in [1.82, 2.24) is 0 Å². The van der Waals surface area contributed by atoms with Gasteiger partial charge in [0.25, 0.3) is 10.0 Å². The Balaban J connectivity index is 2.06. The van der Waals surface area contributed by atoms with Crippen LogP contribution in [-0.2, 0) is 10.0 Å². The maximum Gasteiger partial charge on any atom is 0.261 e. The van der Waals surface area contributed by atoms with Crippen LogP contribution in [0.2, 0.25) is 0 Å². The third-order valence-electron chi connectivity index (χ3n) is 3.82. The molecule has 6 heteroatoms. The van der Waals surface area contributed by atoms with Crippen molar-refractivity contribution in [3.8, 4) is 11.1 Å². The summed E-state index contributed by atoms with van der Waals surface area (Å²) in [7, 11) is -3.81. The molecule has 3 aromatic rings. The number of anilines is 1. The van der Waals surface area contributed by atoms with Crippen molar-refractivity contribution in [2.75, 3.05) is 4.72 Å². The number of hydrogen-bond donors (Lipinski definition) is 1. The summed E-state index contributed by atoms with van der Waals surface area (Å²) in [5.74, 6) is -1.37. The summed E-state index contributed by atoms with van der Waals surface area (Å²) in [6.07, 6.45) is 0. The average molecular weight is 359 g/mol. The van der Waals surface area contributed by atoms with E-state index >= 15 is 0 Å². The van der Waals surface area contributed by atoms with Crippen LogP contribution < -0.4 is 4.72 Å². The number of halogens is 2. The number of rotatable bonds is 4. The lowest BCUT2D eigenvalue weighted by Crippen LogP contribution is -2.13. The van der Waals surface area contributed by atoms with E-state index in [-0.39, 0.29) is 21.7 Å². The fraction of sp³-hybridized carbons (Fsp3) is 0.0526. The van der Waals surface area contributed by atoms with Gasteiger partial charge in [-0.15, -0.1) is 0 Å². The van der Waals surface area contributed by atoms with Gasteiger partial charge >= 0.3 is 0 Å². The fourth-order valence-electron chi connectivity index (χ4n) is 2.43. The Morgan fingerprint density at radius 3 is 2.04 bits per heavy atom. The highest BCUT2D eigenvalue weighted by Gasteiger charge is 2.17. The van der Waals surface area contributed by atoms with E-state index in [0.717, 1.165) is 0 Å². The SMILES string of the molecule is Cc1c(F)cc(-c2ccccc2NS(=O)(=O)c2ccccc2)cc1F. The molecule has 25 heavy (non-hydrogen) atoms. The molecule has 3 aromatic carbocycles. The number of para-hydroxylation sites is 1. The molecule has 0 bridgehead atoms. The molecule has 0 radical (unpaired) electrons. The fourth-order valence-corrected chi connectivity index (χ4v) is 3.53. The molecule has 0 atom stereocenters. The monoisotopic (exact) mass is 359 g/mol. The molecule has 0 unspecified atom stereocenters. The second kappa shape index (κ2) is 6.64. The van der Waals surface area contributed by atoms with E-state index in [1.807, 2.05) is 0 Å². The molecule has 0 aromatic heterocycles. The van der Waals surface area contributed by atoms with Crippen LogP contribution in [0.4, 0.5) is 14.5 Å². The van der Waals surface area contributed by atoms with Crippen molar-refractivity contribution in [3.63, 3.8) is 0 Å². The second-order valence-electron chi connectivity index (χ2n) is 5.53. The predicted octanol–water partition coefficient (Wildman–Crippen LogP) is 4.74. The van der Waals surface area contributed by atoms with E-state index in [1.165, 1.54) is 31.2 Å². The smallest absolute Gasteiger partial charge is 0.261 e. The third kappa shape index (κ3) is 3.53.